The Hall–Kier alpha value is -2.48. The zero-order valence-electron chi connectivity index (χ0n) is 14.5. The third-order valence-corrected chi connectivity index (χ3v) is 4.11. The number of carbonyl (C=O) groups excluding carboxylic acids is 2. The lowest BCUT2D eigenvalue weighted by Crippen LogP contribution is -2.51. The monoisotopic (exact) mass is 345 g/mol. The summed E-state index contributed by atoms with van der Waals surface area (Å²) in [6.45, 7) is 5.96. The first kappa shape index (κ1) is 17.3. The van der Waals surface area contributed by atoms with Crippen molar-refractivity contribution in [3.8, 4) is 0 Å². The smallest absolute Gasteiger partial charge is 0.274 e. The quantitative estimate of drug-likeness (QED) is 0.863. The van der Waals surface area contributed by atoms with Gasteiger partial charge in [-0.1, -0.05) is 13.8 Å². The van der Waals surface area contributed by atoms with Crippen molar-refractivity contribution >= 4 is 17.5 Å². The Kier molecular flexibility index (Phi) is 5.28. The van der Waals surface area contributed by atoms with E-state index in [0.717, 1.165) is 0 Å². The van der Waals surface area contributed by atoms with Crippen LogP contribution in [0.2, 0.25) is 0 Å². The van der Waals surface area contributed by atoms with E-state index in [9.17, 15) is 9.59 Å². The maximum atomic E-state index is 13.0. The third-order valence-electron chi connectivity index (χ3n) is 4.11. The van der Waals surface area contributed by atoms with E-state index in [2.05, 4.69) is 15.4 Å². The number of hydrogen-bond donors (Lipinski definition) is 1. The number of ether oxygens (including phenoxy) is 1. The standard InChI is InChI=1S/C17H23N5O3/c1-12(2)9-19-16(23)8-13-11-25-7-6-21(13)17(24)14-10-18-15-4-3-5-20-22(14)15/h3-5,10,12-13H,6-9,11H2,1-2H3,(H,19,23). The van der Waals surface area contributed by atoms with Gasteiger partial charge in [0.05, 0.1) is 25.5 Å². The molecule has 0 saturated carbocycles. The molecule has 0 aliphatic carbocycles. The van der Waals surface area contributed by atoms with Gasteiger partial charge in [0.15, 0.2) is 11.3 Å². The summed E-state index contributed by atoms with van der Waals surface area (Å²) in [6, 6.07) is 3.27. The molecule has 2 aromatic rings. The molecule has 1 aliphatic heterocycles. The van der Waals surface area contributed by atoms with Crippen LogP contribution >= 0.6 is 0 Å². The van der Waals surface area contributed by atoms with E-state index in [1.807, 2.05) is 13.8 Å². The molecule has 0 radical (unpaired) electrons. The highest BCUT2D eigenvalue weighted by Crippen LogP contribution is 2.16. The van der Waals surface area contributed by atoms with Gasteiger partial charge < -0.3 is 15.0 Å². The fraction of sp³-hybridized carbons (Fsp3) is 0.529. The molecule has 0 aromatic carbocycles. The van der Waals surface area contributed by atoms with Crippen LogP contribution in [-0.2, 0) is 9.53 Å². The van der Waals surface area contributed by atoms with E-state index < -0.39 is 0 Å². The van der Waals surface area contributed by atoms with E-state index in [1.54, 1.807) is 23.2 Å². The molecule has 1 fully saturated rings. The topological polar surface area (TPSA) is 88.8 Å². The second-order valence-electron chi connectivity index (χ2n) is 6.57. The Morgan fingerprint density at radius 1 is 1.44 bits per heavy atom. The Morgan fingerprint density at radius 3 is 3.08 bits per heavy atom. The Bertz CT molecular complexity index is 758. The van der Waals surface area contributed by atoms with Crippen molar-refractivity contribution in [2.75, 3.05) is 26.3 Å². The number of nitrogens with one attached hydrogen (secondary N) is 1. The molecule has 8 heteroatoms. The summed E-state index contributed by atoms with van der Waals surface area (Å²) in [4.78, 5) is 31.0. The molecule has 1 N–H and O–H groups in total. The first-order chi connectivity index (χ1) is 12.1. The molecule has 1 saturated heterocycles. The van der Waals surface area contributed by atoms with E-state index in [-0.39, 0.29) is 24.3 Å². The third kappa shape index (κ3) is 3.96. The Labute approximate surface area is 146 Å². The zero-order chi connectivity index (χ0) is 17.8. The number of carbonyl (C=O) groups is 2. The molecular formula is C17H23N5O3. The molecule has 134 valence electrons. The summed E-state index contributed by atoms with van der Waals surface area (Å²) in [5.41, 5.74) is 1.01. The van der Waals surface area contributed by atoms with Crippen molar-refractivity contribution in [3.05, 3.63) is 30.2 Å². The first-order valence-electron chi connectivity index (χ1n) is 8.50. The molecule has 2 amide bonds. The number of aromatic nitrogens is 3. The van der Waals surface area contributed by atoms with E-state index in [0.29, 0.717) is 43.6 Å². The lowest BCUT2D eigenvalue weighted by Gasteiger charge is -2.35. The fourth-order valence-electron chi connectivity index (χ4n) is 2.82. The van der Waals surface area contributed by atoms with Crippen LogP contribution in [0.3, 0.4) is 0 Å². The van der Waals surface area contributed by atoms with E-state index in [1.165, 1.54) is 10.7 Å². The van der Waals surface area contributed by atoms with Crippen LogP contribution in [0.4, 0.5) is 0 Å². The van der Waals surface area contributed by atoms with Crippen LogP contribution in [0.15, 0.2) is 24.5 Å². The lowest BCUT2D eigenvalue weighted by atomic mass is 10.1. The predicted molar refractivity (Wildman–Crippen MR) is 91.1 cm³/mol. The van der Waals surface area contributed by atoms with Crippen LogP contribution in [0.1, 0.15) is 30.8 Å². The Morgan fingerprint density at radius 2 is 2.28 bits per heavy atom. The fourth-order valence-corrected chi connectivity index (χ4v) is 2.82. The van der Waals surface area contributed by atoms with Gasteiger partial charge in [-0.15, -0.1) is 0 Å². The number of hydrogen-bond acceptors (Lipinski definition) is 5. The average Bonchev–Trinajstić information content (AvgIpc) is 3.04. The second-order valence-corrected chi connectivity index (χ2v) is 6.57. The first-order valence-corrected chi connectivity index (χ1v) is 8.50. The molecule has 1 atom stereocenters. The van der Waals surface area contributed by atoms with Crippen molar-refractivity contribution in [3.63, 3.8) is 0 Å². The van der Waals surface area contributed by atoms with Crippen molar-refractivity contribution in [1.82, 2.24) is 24.8 Å². The van der Waals surface area contributed by atoms with Crippen LogP contribution in [-0.4, -0.2) is 63.7 Å². The summed E-state index contributed by atoms with van der Waals surface area (Å²) in [5, 5.41) is 7.08. The maximum absolute atomic E-state index is 13.0. The number of fused-ring (bicyclic) bond motifs is 1. The maximum Gasteiger partial charge on any atom is 0.274 e. The lowest BCUT2D eigenvalue weighted by molar-refractivity contribution is -0.123. The number of imidazole rings is 1. The van der Waals surface area contributed by atoms with Gasteiger partial charge in [-0.2, -0.15) is 5.10 Å². The largest absolute Gasteiger partial charge is 0.377 e. The van der Waals surface area contributed by atoms with Gasteiger partial charge in [-0.05, 0) is 18.1 Å². The number of nitrogens with zero attached hydrogens (tertiary/aromatic N) is 4. The van der Waals surface area contributed by atoms with Crippen molar-refractivity contribution in [2.24, 2.45) is 5.92 Å². The molecule has 3 heterocycles. The number of rotatable bonds is 5. The summed E-state index contributed by atoms with van der Waals surface area (Å²) < 4.78 is 7.00. The highest BCUT2D eigenvalue weighted by molar-refractivity contribution is 5.93. The molecular weight excluding hydrogens is 322 g/mol. The highest BCUT2D eigenvalue weighted by Gasteiger charge is 2.31. The van der Waals surface area contributed by atoms with Crippen LogP contribution in [0.25, 0.3) is 5.65 Å². The normalized spacial score (nSPS) is 17.9. The summed E-state index contributed by atoms with van der Waals surface area (Å²) in [5.74, 6) is 0.128. The molecule has 3 rings (SSSR count). The van der Waals surface area contributed by atoms with E-state index >= 15 is 0 Å². The van der Waals surface area contributed by atoms with Crippen LogP contribution in [0.5, 0.6) is 0 Å². The van der Waals surface area contributed by atoms with Gasteiger partial charge in [0.1, 0.15) is 0 Å². The van der Waals surface area contributed by atoms with Gasteiger partial charge in [-0.3, -0.25) is 9.59 Å². The predicted octanol–water partition coefficient (Wildman–Crippen LogP) is 0.733. The SMILES string of the molecule is CC(C)CNC(=O)CC1COCCN1C(=O)c1cnc2cccnn12. The summed E-state index contributed by atoms with van der Waals surface area (Å²) in [7, 11) is 0. The molecule has 8 nitrogen and oxygen atoms in total. The average molecular weight is 345 g/mol. The molecule has 25 heavy (non-hydrogen) atoms. The van der Waals surface area contributed by atoms with Crippen molar-refractivity contribution < 1.29 is 14.3 Å². The van der Waals surface area contributed by atoms with Gasteiger partial charge >= 0.3 is 0 Å². The zero-order valence-corrected chi connectivity index (χ0v) is 14.5. The van der Waals surface area contributed by atoms with Crippen molar-refractivity contribution in [1.29, 1.82) is 0 Å². The van der Waals surface area contributed by atoms with Gasteiger partial charge in [-0.25, -0.2) is 9.50 Å². The van der Waals surface area contributed by atoms with Crippen LogP contribution in [0, 0.1) is 5.92 Å². The van der Waals surface area contributed by atoms with Crippen molar-refractivity contribution in [2.45, 2.75) is 26.3 Å². The van der Waals surface area contributed by atoms with Crippen LogP contribution < -0.4 is 5.32 Å². The minimum atomic E-state index is -0.289. The minimum absolute atomic E-state index is 0.0710. The molecule has 1 aliphatic rings. The molecule has 2 aromatic heterocycles. The second kappa shape index (κ2) is 7.60. The molecule has 0 spiro atoms. The number of amides is 2. The number of morpholine rings is 1. The molecule has 1 unspecified atom stereocenters. The summed E-state index contributed by atoms with van der Waals surface area (Å²) in [6.07, 6.45) is 3.36. The van der Waals surface area contributed by atoms with Gasteiger partial charge in [0.2, 0.25) is 5.91 Å². The highest BCUT2D eigenvalue weighted by atomic mass is 16.5. The van der Waals surface area contributed by atoms with Gasteiger partial charge in [0, 0.05) is 25.7 Å². The van der Waals surface area contributed by atoms with E-state index in [4.69, 9.17) is 4.74 Å². The molecule has 0 bridgehead atoms. The Balaban J connectivity index is 1.74. The van der Waals surface area contributed by atoms with Gasteiger partial charge in [0.25, 0.3) is 5.91 Å². The summed E-state index contributed by atoms with van der Waals surface area (Å²) >= 11 is 0. The minimum Gasteiger partial charge on any atom is -0.377 e.